The Morgan fingerprint density at radius 1 is 0.966 bits per heavy atom. The normalized spacial score (nSPS) is 11.2. The van der Waals surface area contributed by atoms with Crippen LogP contribution in [0.2, 0.25) is 0 Å². The van der Waals surface area contributed by atoms with Crippen LogP contribution in [0.4, 0.5) is 5.69 Å². The van der Waals surface area contributed by atoms with Crippen molar-refractivity contribution in [2.24, 2.45) is 5.10 Å². The summed E-state index contributed by atoms with van der Waals surface area (Å²) in [6.07, 6.45) is 3.13. The van der Waals surface area contributed by atoms with E-state index in [0.29, 0.717) is 10.9 Å². The first-order valence-corrected chi connectivity index (χ1v) is 9.64. The molecule has 0 fully saturated rings. The Labute approximate surface area is 169 Å². The van der Waals surface area contributed by atoms with Crippen molar-refractivity contribution in [1.29, 1.82) is 0 Å². The topological polar surface area (TPSA) is 50.5 Å². The van der Waals surface area contributed by atoms with E-state index in [1.165, 1.54) is 16.6 Å². The fraction of sp³-hybridized carbons (Fsp3) is 0.125. The lowest BCUT2D eigenvalue weighted by molar-refractivity contribution is 0.817. The molecule has 0 unspecified atom stereocenters. The van der Waals surface area contributed by atoms with Gasteiger partial charge in [0.25, 0.3) is 5.56 Å². The Kier molecular flexibility index (Phi) is 5.47. The maximum atomic E-state index is 12.5. The average Bonchev–Trinajstić information content (AvgIpc) is 2.78. The number of nitrogens with zero attached hydrogens (tertiary/aromatic N) is 4. The summed E-state index contributed by atoms with van der Waals surface area (Å²) in [5, 5.41) is 4.85. The summed E-state index contributed by atoms with van der Waals surface area (Å²) >= 11 is 0. The lowest BCUT2D eigenvalue weighted by Crippen LogP contribution is -2.21. The van der Waals surface area contributed by atoms with Crippen LogP contribution >= 0.6 is 0 Å². The van der Waals surface area contributed by atoms with E-state index < -0.39 is 0 Å². The lowest BCUT2D eigenvalue weighted by Gasteiger charge is -2.23. The van der Waals surface area contributed by atoms with Crippen LogP contribution in [0.3, 0.4) is 0 Å². The molecule has 29 heavy (non-hydrogen) atoms. The second-order valence-electron chi connectivity index (χ2n) is 6.75. The van der Waals surface area contributed by atoms with E-state index in [9.17, 15) is 4.79 Å². The van der Waals surface area contributed by atoms with Gasteiger partial charge in [-0.25, -0.2) is 4.98 Å². The third kappa shape index (κ3) is 4.24. The highest BCUT2D eigenvalue weighted by Gasteiger charge is 2.05. The third-order valence-corrected chi connectivity index (χ3v) is 4.84. The summed E-state index contributed by atoms with van der Waals surface area (Å²) in [4.78, 5) is 19.1. The first kappa shape index (κ1) is 18.6. The number of rotatable bonds is 6. The molecule has 0 saturated heterocycles. The van der Waals surface area contributed by atoms with Crippen molar-refractivity contribution >= 4 is 22.8 Å². The molecule has 0 atom stereocenters. The van der Waals surface area contributed by atoms with Gasteiger partial charge in [0.2, 0.25) is 0 Å². The van der Waals surface area contributed by atoms with Gasteiger partial charge in [-0.15, -0.1) is 0 Å². The summed E-state index contributed by atoms with van der Waals surface area (Å²) in [6, 6.07) is 25.9. The van der Waals surface area contributed by atoms with Crippen LogP contribution in [0.25, 0.3) is 10.9 Å². The van der Waals surface area contributed by atoms with Gasteiger partial charge in [0, 0.05) is 18.8 Å². The van der Waals surface area contributed by atoms with Gasteiger partial charge in [-0.05, 0) is 42.3 Å². The smallest absolute Gasteiger partial charge is 0.281 e. The van der Waals surface area contributed by atoms with Crippen molar-refractivity contribution in [1.82, 2.24) is 9.66 Å². The molecule has 1 aromatic heterocycles. The molecular weight excluding hydrogens is 360 g/mol. The fourth-order valence-electron chi connectivity index (χ4n) is 3.23. The molecule has 0 aliphatic heterocycles. The Hall–Kier alpha value is -3.73. The molecule has 5 heteroatoms. The SMILES string of the molecule is CCN(Cc1ccccc1)c1ccc(/C=N/n2cnc3ccccc3c2=O)cc1. The Morgan fingerprint density at radius 2 is 1.69 bits per heavy atom. The molecule has 5 nitrogen and oxygen atoms in total. The third-order valence-electron chi connectivity index (χ3n) is 4.84. The quantitative estimate of drug-likeness (QED) is 0.467. The van der Waals surface area contributed by atoms with Gasteiger partial charge in [-0.3, -0.25) is 4.79 Å². The summed E-state index contributed by atoms with van der Waals surface area (Å²) in [5.74, 6) is 0. The number of anilines is 1. The van der Waals surface area contributed by atoms with E-state index in [-0.39, 0.29) is 5.56 Å². The summed E-state index contributed by atoms with van der Waals surface area (Å²) in [7, 11) is 0. The standard InChI is InChI=1S/C24H22N4O/c1-2-27(17-20-8-4-3-5-9-20)21-14-12-19(13-15-21)16-26-28-18-25-23-11-7-6-10-22(23)24(28)29/h3-16,18H,2,17H2,1H3/b26-16+. The minimum Gasteiger partial charge on any atom is -0.367 e. The molecule has 0 spiro atoms. The fourth-order valence-corrected chi connectivity index (χ4v) is 3.23. The van der Waals surface area contributed by atoms with Crippen LogP contribution in [0.15, 0.2) is 95.1 Å². The minimum atomic E-state index is -0.177. The van der Waals surface area contributed by atoms with Crippen molar-refractivity contribution in [3.05, 3.63) is 107 Å². The highest BCUT2D eigenvalue weighted by atomic mass is 16.1. The number of aromatic nitrogens is 2. The van der Waals surface area contributed by atoms with E-state index in [1.807, 2.05) is 36.4 Å². The van der Waals surface area contributed by atoms with Gasteiger partial charge in [0.1, 0.15) is 6.33 Å². The average molecular weight is 382 g/mol. The van der Waals surface area contributed by atoms with Gasteiger partial charge >= 0.3 is 0 Å². The van der Waals surface area contributed by atoms with Gasteiger partial charge < -0.3 is 4.90 Å². The highest BCUT2D eigenvalue weighted by molar-refractivity contribution is 5.81. The molecule has 0 amide bonds. The Bertz CT molecular complexity index is 1180. The molecule has 144 valence electrons. The monoisotopic (exact) mass is 382 g/mol. The predicted molar refractivity (Wildman–Crippen MR) is 119 cm³/mol. The minimum absolute atomic E-state index is 0.177. The number of benzene rings is 3. The Morgan fingerprint density at radius 3 is 2.45 bits per heavy atom. The van der Waals surface area contributed by atoms with Crippen molar-refractivity contribution in [2.75, 3.05) is 11.4 Å². The molecule has 0 aliphatic rings. The molecule has 1 heterocycles. The van der Waals surface area contributed by atoms with Crippen molar-refractivity contribution in [3.8, 4) is 0 Å². The molecule has 0 saturated carbocycles. The molecule has 0 bridgehead atoms. The summed E-state index contributed by atoms with van der Waals surface area (Å²) in [6.45, 7) is 3.93. The van der Waals surface area contributed by atoms with E-state index in [0.717, 1.165) is 24.3 Å². The molecule has 0 N–H and O–H groups in total. The number of fused-ring (bicyclic) bond motifs is 1. The van der Waals surface area contributed by atoms with Crippen LogP contribution < -0.4 is 10.5 Å². The van der Waals surface area contributed by atoms with Crippen LogP contribution in [-0.4, -0.2) is 22.4 Å². The molecule has 4 rings (SSSR count). The summed E-state index contributed by atoms with van der Waals surface area (Å²) in [5.41, 5.74) is 3.85. The van der Waals surface area contributed by atoms with Crippen molar-refractivity contribution < 1.29 is 0 Å². The van der Waals surface area contributed by atoms with Crippen LogP contribution in [-0.2, 0) is 6.54 Å². The molecular formula is C24H22N4O. The first-order valence-electron chi connectivity index (χ1n) is 9.64. The van der Waals surface area contributed by atoms with E-state index in [2.05, 4.69) is 58.3 Å². The van der Waals surface area contributed by atoms with E-state index in [4.69, 9.17) is 0 Å². The summed E-state index contributed by atoms with van der Waals surface area (Å²) < 4.78 is 1.27. The maximum Gasteiger partial charge on any atom is 0.281 e. The van der Waals surface area contributed by atoms with E-state index >= 15 is 0 Å². The molecule has 3 aromatic carbocycles. The van der Waals surface area contributed by atoms with Gasteiger partial charge in [0.05, 0.1) is 17.1 Å². The number of para-hydroxylation sites is 1. The number of hydrogen-bond donors (Lipinski definition) is 0. The largest absolute Gasteiger partial charge is 0.367 e. The predicted octanol–water partition coefficient (Wildman–Crippen LogP) is 4.31. The first-order chi connectivity index (χ1) is 14.2. The maximum absolute atomic E-state index is 12.5. The van der Waals surface area contributed by atoms with Crippen molar-refractivity contribution in [3.63, 3.8) is 0 Å². The van der Waals surface area contributed by atoms with Gasteiger partial charge in [-0.2, -0.15) is 9.78 Å². The van der Waals surface area contributed by atoms with Crippen LogP contribution in [0, 0.1) is 0 Å². The van der Waals surface area contributed by atoms with Crippen molar-refractivity contribution in [2.45, 2.75) is 13.5 Å². The highest BCUT2D eigenvalue weighted by Crippen LogP contribution is 2.17. The lowest BCUT2D eigenvalue weighted by atomic mass is 10.1. The molecule has 0 aliphatic carbocycles. The zero-order valence-corrected chi connectivity index (χ0v) is 16.3. The van der Waals surface area contributed by atoms with E-state index in [1.54, 1.807) is 12.3 Å². The zero-order chi connectivity index (χ0) is 20.1. The molecule has 0 radical (unpaired) electrons. The second kappa shape index (κ2) is 8.52. The zero-order valence-electron chi connectivity index (χ0n) is 16.3. The van der Waals surface area contributed by atoms with Gasteiger partial charge in [-0.1, -0.05) is 54.6 Å². The van der Waals surface area contributed by atoms with Crippen LogP contribution in [0.5, 0.6) is 0 Å². The Balaban J connectivity index is 1.52. The number of hydrogen-bond acceptors (Lipinski definition) is 4. The van der Waals surface area contributed by atoms with Crippen LogP contribution in [0.1, 0.15) is 18.1 Å². The second-order valence-corrected chi connectivity index (χ2v) is 6.75. The molecule has 4 aromatic rings. The van der Waals surface area contributed by atoms with Gasteiger partial charge in [0.15, 0.2) is 0 Å².